The van der Waals surface area contributed by atoms with Crippen molar-refractivity contribution in [2.75, 3.05) is 5.32 Å². The highest BCUT2D eigenvalue weighted by Gasteiger charge is 2.38. The van der Waals surface area contributed by atoms with Gasteiger partial charge in [-0.1, -0.05) is 6.92 Å². The summed E-state index contributed by atoms with van der Waals surface area (Å²) in [5.74, 6) is -1.34. The van der Waals surface area contributed by atoms with Gasteiger partial charge in [0.2, 0.25) is 0 Å². The zero-order valence-corrected chi connectivity index (χ0v) is 11.9. The second kappa shape index (κ2) is 6.15. The number of carbonyl (C=O) groups excluding carboxylic acids is 1. The van der Waals surface area contributed by atoms with Gasteiger partial charge >= 0.3 is 12.1 Å². The molecule has 0 radical (unpaired) electrons. The Balaban J connectivity index is 2.96. The lowest BCUT2D eigenvalue weighted by molar-refractivity contribution is -0.167. The van der Waals surface area contributed by atoms with Crippen LogP contribution in [-0.4, -0.2) is 18.2 Å². The number of hydrogen-bond donors (Lipinski definition) is 1. The molecule has 0 saturated carbocycles. The van der Waals surface area contributed by atoms with Crippen molar-refractivity contribution in [3.05, 3.63) is 23.3 Å². The Hall–Kier alpha value is -1.72. The lowest BCUT2D eigenvalue weighted by atomic mass is 10.1. The summed E-state index contributed by atoms with van der Waals surface area (Å²) >= 11 is 0. The molecule has 1 aromatic rings. The lowest BCUT2D eigenvalue weighted by Gasteiger charge is -2.18. The summed E-state index contributed by atoms with van der Waals surface area (Å²) in [6.07, 6.45) is -4.05. The minimum atomic E-state index is -4.90. The molecule has 1 N–H and O–H groups in total. The highest BCUT2D eigenvalue weighted by atomic mass is 19.4. The number of ether oxygens (including phenoxy) is 1. The van der Waals surface area contributed by atoms with Crippen LogP contribution in [0, 0.1) is 13.8 Å². The zero-order chi connectivity index (χ0) is 15.5. The van der Waals surface area contributed by atoms with Crippen LogP contribution in [0.15, 0.2) is 12.1 Å². The summed E-state index contributed by atoms with van der Waals surface area (Å²) in [7, 11) is 0. The summed E-state index contributed by atoms with van der Waals surface area (Å²) in [6, 6.07) is 2.93. The smallest absolute Gasteiger partial charge is 0.471 e. The standard InChI is InChI=1S/C14H18F3NO2/c1-5-10(4)20-12-8(2)6-11(7-9(12)3)18-13(19)14(15,16)17/h6-7,10H,5H2,1-4H3,(H,18,19)/t10-/m0/s1. The van der Waals surface area contributed by atoms with Gasteiger partial charge in [0.05, 0.1) is 6.10 Å². The third-order valence-electron chi connectivity index (χ3n) is 2.87. The van der Waals surface area contributed by atoms with Crippen LogP contribution in [0.1, 0.15) is 31.4 Å². The number of alkyl halides is 3. The van der Waals surface area contributed by atoms with E-state index in [-0.39, 0.29) is 11.8 Å². The minimum Gasteiger partial charge on any atom is -0.490 e. The van der Waals surface area contributed by atoms with Gasteiger partial charge in [-0.05, 0) is 50.5 Å². The van der Waals surface area contributed by atoms with Crippen LogP contribution in [0.2, 0.25) is 0 Å². The first-order valence-corrected chi connectivity index (χ1v) is 6.31. The van der Waals surface area contributed by atoms with Crippen molar-refractivity contribution in [3.63, 3.8) is 0 Å². The van der Waals surface area contributed by atoms with E-state index in [0.717, 1.165) is 6.42 Å². The Kier molecular flexibility index (Phi) is 5.03. The molecule has 0 fully saturated rings. The third kappa shape index (κ3) is 4.15. The Morgan fingerprint density at radius 2 is 1.80 bits per heavy atom. The van der Waals surface area contributed by atoms with Gasteiger partial charge in [0.25, 0.3) is 0 Å². The summed E-state index contributed by atoms with van der Waals surface area (Å²) < 4.78 is 42.3. The Morgan fingerprint density at radius 1 is 1.30 bits per heavy atom. The first-order chi connectivity index (χ1) is 9.15. The lowest BCUT2D eigenvalue weighted by Crippen LogP contribution is -2.30. The van der Waals surface area contributed by atoms with E-state index in [4.69, 9.17) is 4.74 Å². The van der Waals surface area contributed by atoms with E-state index in [2.05, 4.69) is 0 Å². The highest BCUT2D eigenvalue weighted by Crippen LogP contribution is 2.29. The van der Waals surface area contributed by atoms with Gasteiger partial charge in [-0.3, -0.25) is 4.79 Å². The predicted octanol–water partition coefficient (Wildman–Crippen LogP) is 3.98. The fourth-order valence-corrected chi connectivity index (χ4v) is 1.69. The van der Waals surface area contributed by atoms with Crippen LogP contribution in [0.4, 0.5) is 18.9 Å². The van der Waals surface area contributed by atoms with Crippen LogP contribution in [0.3, 0.4) is 0 Å². The summed E-state index contributed by atoms with van der Waals surface area (Å²) in [6.45, 7) is 7.35. The molecule has 0 bridgehead atoms. The number of nitrogens with one attached hydrogen (secondary N) is 1. The number of amides is 1. The molecule has 0 unspecified atom stereocenters. The van der Waals surface area contributed by atoms with Crippen molar-refractivity contribution in [2.45, 2.75) is 46.4 Å². The van der Waals surface area contributed by atoms with E-state index in [9.17, 15) is 18.0 Å². The topological polar surface area (TPSA) is 38.3 Å². The van der Waals surface area contributed by atoms with Crippen LogP contribution in [0.5, 0.6) is 5.75 Å². The summed E-state index contributed by atoms with van der Waals surface area (Å²) in [4.78, 5) is 10.9. The second-order valence-corrected chi connectivity index (χ2v) is 4.73. The van der Waals surface area contributed by atoms with Gasteiger partial charge in [-0.15, -0.1) is 0 Å². The summed E-state index contributed by atoms with van der Waals surface area (Å²) in [5, 5.41) is 1.84. The maximum Gasteiger partial charge on any atom is 0.471 e. The molecule has 112 valence electrons. The van der Waals surface area contributed by atoms with E-state index in [1.165, 1.54) is 12.1 Å². The summed E-state index contributed by atoms with van der Waals surface area (Å²) in [5.41, 5.74) is 1.48. The molecular weight excluding hydrogens is 271 g/mol. The van der Waals surface area contributed by atoms with Crippen molar-refractivity contribution >= 4 is 11.6 Å². The van der Waals surface area contributed by atoms with Crippen molar-refractivity contribution in [1.82, 2.24) is 0 Å². The monoisotopic (exact) mass is 289 g/mol. The van der Waals surface area contributed by atoms with Gasteiger partial charge in [0, 0.05) is 5.69 Å². The minimum absolute atomic E-state index is 0.0167. The number of rotatable bonds is 4. The SMILES string of the molecule is CC[C@H](C)Oc1c(C)cc(NC(=O)C(F)(F)F)cc1C. The molecule has 20 heavy (non-hydrogen) atoms. The van der Waals surface area contributed by atoms with E-state index < -0.39 is 12.1 Å². The molecular formula is C14H18F3NO2. The van der Waals surface area contributed by atoms with Gasteiger partial charge < -0.3 is 10.1 Å². The molecule has 0 saturated heterocycles. The maximum absolute atomic E-state index is 12.2. The van der Waals surface area contributed by atoms with Crippen LogP contribution < -0.4 is 10.1 Å². The second-order valence-electron chi connectivity index (χ2n) is 4.73. The molecule has 0 aromatic heterocycles. The first kappa shape index (κ1) is 16.3. The number of anilines is 1. The van der Waals surface area contributed by atoms with Crippen LogP contribution >= 0.6 is 0 Å². The third-order valence-corrected chi connectivity index (χ3v) is 2.87. The van der Waals surface area contributed by atoms with E-state index >= 15 is 0 Å². The van der Waals surface area contributed by atoms with Crippen molar-refractivity contribution in [2.24, 2.45) is 0 Å². The van der Waals surface area contributed by atoms with Crippen molar-refractivity contribution in [3.8, 4) is 5.75 Å². The van der Waals surface area contributed by atoms with Gasteiger partial charge in [-0.25, -0.2) is 0 Å². The predicted molar refractivity (Wildman–Crippen MR) is 71.0 cm³/mol. The molecule has 6 heteroatoms. The zero-order valence-electron chi connectivity index (χ0n) is 11.9. The number of aryl methyl sites for hydroxylation is 2. The van der Waals surface area contributed by atoms with E-state index in [0.29, 0.717) is 16.9 Å². The maximum atomic E-state index is 12.2. The van der Waals surface area contributed by atoms with Gasteiger partial charge in [-0.2, -0.15) is 13.2 Å². The molecule has 0 spiro atoms. The van der Waals surface area contributed by atoms with Crippen molar-refractivity contribution in [1.29, 1.82) is 0 Å². The first-order valence-electron chi connectivity index (χ1n) is 6.31. The molecule has 0 aliphatic heterocycles. The molecule has 1 atom stereocenters. The molecule has 1 aromatic carbocycles. The number of benzene rings is 1. The molecule has 0 aliphatic carbocycles. The molecule has 1 rings (SSSR count). The quantitative estimate of drug-likeness (QED) is 0.910. The highest BCUT2D eigenvalue weighted by molar-refractivity contribution is 5.95. The van der Waals surface area contributed by atoms with E-state index in [1.54, 1.807) is 13.8 Å². The van der Waals surface area contributed by atoms with Crippen LogP contribution in [0.25, 0.3) is 0 Å². The average molecular weight is 289 g/mol. The average Bonchev–Trinajstić information content (AvgIpc) is 2.32. The molecule has 1 amide bonds. The largest absolute Gasteiger partial charge is 0.490 e. The number of carbonyl (C=O) groups is 1. The Bertz CT molecular complexity index is 475. The van der Waals surface area contributed by atoms with Crippen LogP contribution in [-0.2, 0) is 4.79 Å². The van der Waals surface area contributed by atoms with Crippen molar-refractivity contribution < 1.29 is 22.7 Å². The van der Waals surface area contributed by atoms with E-state index in [1.807, 2.05) is 19.2 Å². The van der Waals surface area contributed by atoms with Gasteiger partial charge in [0.1, 0.15) is 5.75 Å². The molecule has 0 aliphatic rings. The van der Waals surface area contributed by atoms with Gasteiger partial charge in [0.15, 0.2) is 0 Å². The Labute approximate surface area is 116 Å². The normalized spacial score (nSPS) is 12.9. The number of halogens is 3. The molecule has 3 nitrogen and oxygen atoms in total. The fraction of sp³-hybridized carbons (Fsp3) is 0.500. The fourth-order valence-electron chi connectivity index (χ4n) is 1.69. The molecule has 0 heterocycles. The Morgan fingerprint density at radius 3 is 2.20 bits per heavy atom. The number of hydrogen-bond acceptors (Lipinski definition) is 2.